The monoisotopic (exact) mass is 225 g/mol. The van der Waals surface area contributed by atoms with Crippen molar-refractivity contribution >= 4 is 5.69 Å². The van der Waals surface area contributed by atoms with Crippen molar-refractivity contribution in [3.63, 3.8) is 0 Å². The predicted molar refractivity (Wildman–Crippen MR) is 44.3 cm³/mol. The van der Waals surface area contributed by atoms with Crippen LogP contribution < -0.4 is 5.73 Å². The van der Waals surface area contributed by atoms with Gasteiger partial charge in [-0.3, -0.25) is 4.98 Å². The van der Waals surface area contributed by atoms with Crippen molar-refractivity contribution in [3.05, 3.63) is 37.9 Å². The molecular formula is C8H12N2Y-2. The summed E-state index contributed by atoms with van der Waals surface area (Å²) >= 11 is 0. The van der Waals surface area contributed by atoms with Crippen LogP contribution >= 0.6 is 0 Å². The molecule has 0 aliphatic carbocycles. The van der Waals surface area contributed by atoms with Crippen LogP contribution in [0.4, 0.5) is 5.69 Å². The normalized spacial score (nSPS) is 7.73. The molecule has 1 heterocycles. The topological polar surface area (TPSA) is 38.9 Å². The number of pyridine rings is 1. The van der Waals surface area contributed by atoms with Gasteiger partial charge in [0.05, 0.1) is 5.69 Å². The first-order valence-corrected chi connectivity index (χ1v) is 2.75. The van der Waals surface area contributed by atoms with Crippen LogP contribution in [0.25, 0.3) is 0 Å². The zero-order chi connectivity index (χ0) is 6.85. The Bertz CT molecular complexity index is 223. The Labute approximate surface area is 93.5 Å². The van der Waals surface area contributed by atoms with Crippen LogP contribution in [0.3, 0.4) is 0 Å². The molecule has 0 spiro atoms. The van der Waals surface area contributed by atoms with Gasteiger partial charge in [-0.1, -0.05) is 0 Å². The first kappa shape index (κ1) is 13.5. The summed E-state index contributed by atoms with van der Waals surface area (Å²) in [5, 5.41) is 0. The van der Waals surface area contributed by atoms with Crippen LogP contribution in [-0.2, 0) is 32.7 Å². The van der Waals surface area contributed by atoms with E-state index in [2.05, 4.69) is 11.9 Å². The molecule has 0 fully saturated rings. The molecule has 0 unspecified atom stereocenters. The van der Waals surface area contributed by atoms with Gasteiger partial charge in [-0.15, -0.1) is 11.8 Å². The quantitative estimate of drug-likeness (QED) is 0.681. The molecule has 1 rings (SSSR count). The Kier molecular flexibility index (Phi) is 6.83. The van der Waals surface area contributed by atoms with E-state index in [4.69, 9.17) is 5.73 Å². The van der Waals surface area contributed by atoms with Gasteiger partial charge in [-0.2, -0.15) is 6.07 Å². The van der Waals surface area contributed by atoms with Crippen molar-refractivity contribution in [1.29, 1.82) is 0 Å². The van der Waals surface area contributed by atoms with Gasteiger partial charge in [-0.25, -0.2) is 6.92 Å². The molecule has 3 heteroatoms. The summed E-state index contributed by atoms with van der Waals surface area (Å²) in [5.74, 6) is 0. The van der Waals surface area contributed by atoms with Crippen molar-refractivity contribution in [2.24, 2.45) is 0 Å². The van der Waals surface area contributed by atoms with Crippen LogP contribution in [0, 0.1) is 21.3 Å². The minimum absolute atomic E-state index is 0. The molecule has 0 aromatic carbocycles. The number of hydrogen-bond acceptors (Lipinski definition) is 2. The van der Waals surface area contributed by atoms with Crippen LogP contribution in [-0.4, -0.2) is 4.98 Å². The average Bonchev–Trinajstić information content (AvgIpc) is 1.80. The molecule has 0 aliphatic heterocycles. The number of aryl methyl sites for hydroxylation is 1. The number of anilines is 1. The Hall–Kier alpha value is -0.0761. The fraction of sp³-hybridized carbons (Fsp3) is 0.125. The van der Waals surface area contributed by atoms with E-state index >= 15 is 0 Å². The van der Waals surface area contributed by atoms with Crippen molar-refractivity contribution in [1.82, 2.24) is 4.98 Å². The number of nitrogen functional groups attached to an aromatic ring is 1. The van der Waals surface area contributed by atoms with E-state index in [1.807, 2.05) is 13.0 Å². The van der Waals surface area contributed by atoms with Crippen LogP contribution in [0.15, 0.2) is 12.1 Å². The maximum atomic E-state index is 5.50. The first-order valence-electron chi connectivity index (χ1n) is 2.75. The van der Waals surface area contributed by atoms with Crippen molar-refractivity contribution in [2.75, 3.05) is 5.73 Å². The molecule has 2 nitrogen and oxygen atoms in total. The molecule has 0 saturated heterocycles. The number of aromatic nitrogens is 1. The van der Waals surface area contributed by atoms with E-state index in [1.165, 1.54) is 0 Å². The number of nitrogens with two attached hydrogens (primary N) is 1. The summed E-state index contributed by atoms with van der Waals surface area (Å²) < 4.78 is 0. The molecule has 0 aliphatic rings. The molecular weight excluding hydrogens is 213 g/mol. The van der Waals surface area contributed by atoms with E-state index < -0.39 is 0 Å². The second kappa shape index (κ2) is 5.56. The fourth-order valence-corrected chi connectivity index (χ4v) is 0.624. The number of rotatable bonds is 0. The van der Waals surface area contributed by atoms with Crippen LogP contribution in [0.5, 0.6) is 0 Å². The molecule has 0 atom stereocenters. The molecule has 2 N–H and O–H groups in total. The van der Waals surface area contributed by atoms with Gasteiger partial charge in [-0.05, 0) is 6.92 Å². The summed E-state index contributed by atoms with van der Waals surface area (Å²) in [4.78, 5) is 4.04. The Balaban J connectivity index is 0. The zero-order valence-corrected chi connectivity index (χ0v) is 9.80. The molecule has 1 radical (unpaired) electrons. The third kappa shape index (κ3) is 3.73. The van der Waals surface area contributed by atoms with E-state index in [0.29, 0.717) is 0 Å². The van der Waals surface area contributed by atoms with Gasteiger partial charge >= 0.3 is 0 Å². The van der Waals surface area contributed by atoms with Crippen molar-refractivity contribution in [3.8, 4) is 0 Å². The van der Waals surface area contributed by atoms with E-state index in [9.17, 15) is 0 Å². The van der Waals surface area contributed by atoms with Crippen molar-refractivity contribution < 1.29 is 32.7 Å². The second-order valence-electron chi connectivity index (χ2n) is 1.98. The summed E-state index contributed by atoms with van der Waals surface area (Å²) in [5.41, 5.74) is 7.84. The van der Waals surface area contributed by atoms with E-state index in [1.54, 1.807) is 6.07 Å². The zero-order valence-electron chi connectivity index (χ0n) is 6.96. The second-order valence-corrected chi connectivity index (χ2v) is 1.98. The van der Waals surface area contributed by atoms with Gasteiger partial charge in [0.1, 0.15) is 0 Å². The average molecular weight is 225 g/mol. The standard InChI is InChI=1S/C7H9N2.CH3.Y/c1-5-3-4-7(8)6(2)9-5;;/h3-4H,1,8H2,2H3;1H3;/q2*-1;. The molecule has 11 heavy (non-hydrogen) atoms. The molecule has 0 amide bonds. The summed E-state index contributed by atoms with van der Waals surface area (Å²) in [6.45, 7) is 5.52. The summed E-state index contributed by atoms with van der Waals surface area (Å²) in [7, 11) is 0. The minimum Gasteiger partial charge on any atom is -0.399 e. The predicted octanol–water partition coefficient (Wildman–Crippen LogP) is 1.60. The van der Waals surface area contributed by atoms with Gasteiger partial charge < -0.3 is 13.2 Å². The Morgan fingerprint density at radius 2 is 2.00 bits per heavy atom. The van der Waals surface area contributed by atoms with Gasteiger partial charge in [0.15, 0.2) is 0 Å². The third-order valence-electron chi connectivity index (χ3n) is 1.18. The van der Waals surface area contributed by atoms with Gasteiger partial charge in [0.25, 0.3) is 0 Å². The Morgan fingerprint density at radius 3 is 2.36 bits per heavy atom. The van der Waals surface area contributed by atoms with Gasteiger partial charge in [0.2, 0.25) is 0 Å². The molecule has 59 valence electrons. The number of nitrogens with zero attached hydrogens (tertiary/aromatic N) is 1. The maximum absolute atomic E-state index is 5.50. The third-order valence-corrected chi connectivity index (χ3v) is 1.18. The smallest absolute Gasteiger partial charge is 0.0555 e. The van der Waals surface area contributed by atoms with Crippen molar-refractivity contribution in [2.45, 2.75) is 6.92 Å². The largest absolute Gasteiger partial charge is 0.399 e. The molecule has 0 saturated carbocycles. The first-order chi connectivity index (χ1) is 4.20. The molecule has 1 aromatic rings. The summed E-state index contributed by atoms with van der Waals surface area (Å²) in [6, 6.07) is 3.60. The van der Waals surface area contributed by atoms with Crippen LogP contribution in [0.2, 0.25) is 0 Å². The molecule has 1 aromatic heterocycles. The van der Waals surface area contributed by atoms with Gasteiger partial charge in [0, 0.05) is 38.4 Å². The maximum Gasteiger partial charge on any atom is 0.0555 e. The number of hydrogen-bond donors (Lipinski definition) is 1. The Morgan fingerprint density at radius 1 is 1.45 bits per heavy atom. The summed E-state index contributed by atoms with van der Waals surface area (Å²) in [6.07, 6.45) is 0. The van der Waals surface area contributed by atoms with Crippen LogP contribution in [0.1, 0.15) is 11.4 Å². The minimum atomic E-state index is 0. The van der Waals surface area contributed by atoms with E-state index in [-0.39, 0.29) is 40.1 Å². The van der Waals surface area contributed by atoms with E-state index in [0.717, 1.165) is 17.1 Å². The SMILES string of the molecule is [CH2-]c1ccc(N)c(C)n1.[CH3-].[Y]. The fourth-order valence-electron chi connectivity index (χ4n) is 0.624. The molecule has 0 bridgehead atoms.